The number of ether oxygens (including phenoxy) is 1. The quantitative estimate of drug-likeness (QED) is 0.642. The van der Waals surface area contributed by atoms with Crippen molar-refractivity contribution in [1.82, 2.24) is 0 Å². The molecule has 1 amide bonds. The lowest BCUT2D eigenvalue weighted by molar-refractivity contribution is 0.212. The van der Waals surface area contributed by atoms with Gasteiger partial charge in [-0.15, -0.1) is 11.3 Å². The van der Waals surface area contributed by atoms with Crippen molar-refractivity contribution >= 4 is 17.4 Å². The Kier molecular flexibility index (Phi) is 1.69. The van der Waals surface area contributed by atoms with E-state index in [0.29, 0.717) is 5.06 Å². The summed E-state index contributed by atoms with van der Waals surface area (Å²) in [6, 6.07) is 3.46. The number of amides is 1. The zero-order chi connectivity index (χ0) is 6.69. The van der Waals surface area contributed by atoms with Crippen molar-refractivity contribution in [1.29, 1.82) is 0 Å². The molecule has 0 saturated carbocycles. The molecule has 0 fully saturated rings. The predicted molar refractivity (Wildman–Crippen MR) is 34.5 cm³/mol. The Labute approximate surface area is 56.1 Å². The second-order valence-corrected chi connectivity index (χ2v) is 2.26. The highest BCUT2D eigenvalue weighted by Crippen LogP contribution is 2.17. The molecule has 0 radical (unpaired) electrons. The number of primary amides is 1. The molecule has 48 valence electrons. The summed E-state index contributed by atoms with van der Waals surface area (Å²) in [6.07, 6.45) is -0.766. The summed E-state index contributed by atoms with van der Waals surface area (Å²) >= 11 is 1.33. The Bertz CT molecular complexity index is 195. The molecule has 0 aromatic carbocycles. The first-order chi connectivity index (χ1) is 4.29. The molecule has 2 N–H and O–H groups in total. The van der Waals surface area contributed by atoms with E-state index in [1.807, 2.05) is 0 Å². The number of hydrogen-bond donors (Lipinski definition) is 1. The Morgan fingerprint density at radius 1 is 1.78 bits per heavy atom. The lowest BCUT2D eigenvalue weighted by atomic mass is 10.7. The number of thiophene rings is 1. The van der Waals surface area contributed by atoms with E-state index in [0.717, 1.165) is 0 Å². The molecule has 1 rings (SSSR count). The maximum Gasteiger partial charge on any atom is 0.410 e. The topological polar surface area (TPSA) is 52.3 Å². The van der Waals surface area contributed by atoms with E-state index in [2.05, 4.69) is 4.74 Å². The Hall–Kier alpha value is -1.03. The van der Waals surface area contributed by atoms with Gasteiger partial charge in [-0.1, -0.05) is 0 Å². The molecule has 1 heterocycles. The van der Waals surface area contributed by atoms with Crippen molar-refractivity contribution in [2.24, 2.45) is 5.73 Å². The maximum absolute atomic E-state index is 10.1. The van der Waals surface area contributed by atoms with Crippen LogP contribution in [0.4, 0.5) is 4.79 Å². The first-order valence-electron chi connectivity index (χ1n) is 2.30. The van der Waals surface area contributed by atoms with Crippen molar-refractivity contribution in [2.75, 3.05) is 0 Å². The van der Waals surface area contributed by atoms with Crippen molar-refractivity contribution < 1.29 is 9.53 Å². The summed E-state index contributed by atoms with van der Waals surface area (Å²) in [6.45, 7) is 0. The number of rotatable bonds is 1. The lowest BCUT2D eigenvalue weighted by Crippen LogP contribution is -2.15. The molecule has 1 aromatic rings. The fourth-order valence-corrected chi connectivity index (χ4v) is 0.999. The molecule has 0 spiro atoms. The molecule has 0 aliphatic carbocycles. The number of carbonyl (C=O) groups excluding carboxylic acids is 1. The smallest absolute Gasteiger partial charge is 0.399 e. The van der Waals surface area contributed by atoms with Crippen LogP contribution in [0, 0.1) is 0 Å². The molecular formula is C5H5NO2S. The largest absolute Gasteiger partial charge is 0.410 e. The normalized spacial score (nSPS) is 8.89. The van der Waals surface area contributed by atoms with Crippen molar-refractivity contribution in [2.45, 2.75) is 0 Å². The van der Waals surface area contributed by atoms with E-state index in [4.69, 9.17) is 5.73 Å². The summed E-state index contributed by atoms with van der Waals surface area (Å²) in [7, 11) is 0. The maximum atomic E-state index is 10.1. The van der Waals surface area contributed by atoms with Gasteiger partial charge in [-0.3, -0.25) is 0 Å². The van der Waals surface area contributed by atoms with E-state index >= 15 is 0 Å². The molecule has 1 aromatic heterocycles. The van der Waals surface area contributed by atoms with Crippen molar-refractivity contribution in [3.05, 3.63) is 17.5 Å². The second kappa shape index (κ2) is 2.50. The number of carbonyl (C=O) groups is 1. The summed E-state index contributed by atoms with van der Waals surface area (Å²) < 4.78 is 4.51. The van der Waals surface area contributed by atoms with Crippen LogP contribution in [0.5, 0.6) is 5.06 Å². The third-order valence-electron chi connectivity index (χ3n) is 0.696. The zero-order valence-corrected chi connectivity index (χ0v) is 5.35. The first kappa shape index (κ1) is 6.10. The summed E-state index contributed by atoms with van der Waals surface area (Å²) in [5.41, 5.74) is 4.73. The lowest BCUT2D eigenvalue weighted by Gasteiger charge is -1.91. The molecule has 0 bridgehead atoms. The SMILES string of the molecule is NC(=O)Oc1cccs1. The van der Waals surface area contributed by atoms with Crippen LogP contribution in [0.2, 0.25) is 0 Å². The summed E-state index contributed by atoms with van der Waals surface area (Å²) in [4.78, 5) is 10.1. The molecule has 0 unspecified atom stereocenters. The van der Waals surface area contributed by atoms with Gasteiger partial charge in [-0.05, 0) is 17.5 Å². The molecule has 0 aliphatic rings. The van der Waals surface area contributed by atoms with Crippen molar-refractivity contribution in [3.8, 4) is 5.06 Å². The van der Waals surface area contributed by atoms with Gasteiger partial charge in [-0.2, -0.15) is 0 Å². The van der Waals surface area contributed by atoms with Gasteiger partial charge in [-0.25, -0.2) is 4.79 Å². The Morgan fingerprint density at radius 3 is 3.00 bits per heavy atom. The predicted octanol–water partition coefficient (Wildman–Crippen LogP) is 1.21. The number of hydrogen-bond acceptors (Lipinski definition) is 3. The molecule has 9 heavy (non-hydrogen) atoms. The minimum absolute atomic E-state index is 0.530. The standard InChI is InChI=1S/C5H5NO2S/c6-5(7)8-4-2-1-3-9-4/h1-3H,(H2,6,7). The molecule has 4 heteroatoms. The van der Waals surface area contributed by atoms with Crippen LogP contribution in [0.15, 0.2) is 17.5 Å². The Morgan fingerprint density at radius 2 is 2.56 bits per heavy atom. The van der Waals surface area contributed by atoms with Gasteiger partial charge in [0, 0.05) is 0 Å². The highest BCUT2D eigenvalue weighted by molar-refractivity contribution is 7.11. The minimum Gasteiger partial charge on any atom is -0.399 e. The fourth-order valence-electron chi connectivity index (χ4n) is 0.421. The first-order valence-corrected chi connectivity index (χ1v) is 3.18. The van der Waals surface area contributed by atoms with Gasteiger partial charge >= 0.3 is 6.09 Å². The fraction of sp³-hybridized carbons (Fsp3) is 0. The Balaban J connectivity index is 2.58. The van der Waals surface area contributed by atoms with Gasteiger partial charge < -0.3 is 10.5 Å². The van der Waals surface area contributed by atoms with Crippen LogP contribution in [0.3, 0.4) is 0 Å². The average molecular weight is 143 g/mol. The monoisotopic (exact) mass is 143 g/mol. The molecular weight excluding hydrogens is 138 g/mol. The highest BCUT2D eigenvalue weighted by atomic mass is 32.1. The molecule has 3 nitrogen and oxygen atoms in total. The van der Waals surface area contributed by atoms with E-state index in [1.54, 1.807) is 17.5 Å². The van der Waals surface area contributed by atoms with Crippen LogP contribution in [-0.2, 0) is 0 Å². The highest BCUT2D eigenvalue weighted by Gasteiger charge is 1.95. The van der Waals surface area contributed by atoms with E-state index in [1.165, 1.54) is 11.3 Å². The van der Waals surface area contributed by atoms with Crippen LogP contribution >= 0.6 is 11.3 Å². The van der Waals surface area contributed by atoms with E-state index in [-0.39, 0.29) is 0 Å². The van der Waals surface area contributed by atoms with E-state index < -0.39 is 6.09 Å². The molecule has 0 atom stereocenters. The zero-order valence-electron chi connectivity index (χ0n) is 4.53. The third-order valence-corrected chi connectivity index (χ3v) is 1.44. The molecule has 0 saturated heterocycles. The molecule has 0 aliphatic heterocycles. The summed E-state index contributed by atoms with van der Waals surface area (Å²) in [5, 5.41) is 2.33. The number of nitrogens with two attached hydrogens (primary N) is 1. The van der Waals surface area contributed by atoms with Crippen LogP contribution in [0.25, 0.3) is 0 Å². The van der Waals surface area contributed by atoms with Crippen LogP contribution in [-0.4, -0.2) is 6.09 Å². The van der Waals surface area contributed by atoms with Gasteiger partial charge in [0.25, 0.3) is 0 Å². The van der Waals surface area contributed by atoms with Crippen molar-refractivity contribution in [3.63, 3.8) is 0 Å². The van der Waals surface area contributed by atoms with Gasteiger partial charge in [0.2, 0.25) is 0 Å². The van der Waals surface area contributed by atoms with Crippen LogP contribution < -0.4 is 10.5 Å². The van der Waals surface area contributed by atoms with Gasteiger partial charge in [0.05, 0.1) is 0 Å². The van der Waals surface area contributed by atoms with Crippen LogP contribution in [0.1, 0.15) is 0 Å². The second-order valence-electron chi connectivity index (χ2n) is 1.35. The minimum atomic E-state index is -0.766. The van der Waals surface area contributed by atoms with Gasteiger partial charge in [0.1, 0.15) is 0 Å². The van der Waals surface area contributed by atoms with E-state index in [9.17, 15) is 4.79 Å². The third kappa shape index (κ3) is 1.73. The van der Waals surface area contributed by atoms with Gasteiger partial charge in [0.15, 0.2) is 5.06 Å². The summed E-state index contributed by atoms with van der Waals surface area (Å²) in [5.74, 6) is 0. The average Bonchev–Trinajstić information content (AvgIpc) is 2.15.